The zero-order valence-corrected chi connectivity index (χ0v) is 11.0. The lowest BCUT2D eigenvalue weighted by Crippen LogP contribution is -2.17. The van der Waals surface area contributed by atoms with Crippen LogP contribution in [-0.4, -0.2) is 10.9 Å². The highest BCUT2D eigenvalue weighted by Gasteiger charge is 2.19. The van der Waals surface area contributed by atoms with Crippen molar-refractivity contribution >= 4 is 33.3 Å². The summed E-state index contributed by atoms with van der Waals surface area (Å²) >= 11 is 2.93. The van der Waals surface area contributed by atoms with Gasteiger partial charge >= 0.3 is 0 Å². The van der Waals surface area contributed by atoms with E-state index in [9.17, 15) is 13.6 Å². The summed E-state index contributed by atoms with van der Waals surface area (Å²) in [5, 5.41) is 2.26. The number of carbonyl (C=O) groups excluding carboxylic acids is 1. The van der Waals surface area contributed by atoms with Gasteiger partial charge in [0.2, 0.25) is 0 Å². The fourth-order valence-electron chi connectivity index (χ4n) is 1.45. The molecule has 0 fully saturated rings. The summed E-state index contributed by atoms with van der Waals surface area (Å²) in [5.74, 6) is -2.85. The number of anilines is 2. The van der Waals surface area contributed by atoms with Gasteiger partial charge in [-0.1, -0.05) is 15.9 Å². The molecule has 7 heteroatoms. The van der Waals surface area contributed by atoms with Gasteiger partial charge in [0.05, 0.1) is 5.69 Å². The van der Waals surface area contributed by atoms with Crippen LogP contribution < -0.4 is 11.1 Å². The number of pyridine rings is 1. The molecule has 0 saturated carbocycles. The van der Waals surface area contributed by atoms with Crippen molar-refractivity contribution < 1.29 is 13.6 Å². The molecule has 1 amide bonds. The largest absolute Gasteiger partial charge is 0.396 e. The molecule has 1 heterocycles. The van der Waals surface area contributed by atoms with E-state index in [4.69, 9.17) is 5.73 Å². The van der Waals surface area contributed by atoms with Gasteiger partial charge < -0.3 is 11.1 Å². The SMILES string of the molecule is Nc1cccnc1NC(=O)c1c(F)cc(Br)cc1F. The summed E-state index contributed by atoms with van der Waals surface area (Å²) in [6.07, 6.45) is 1.40. The maximum Gasteiger partial charge on any atom is 0.262 e. The zero-order chi connectivity index (χ0) is 14.0. The number of halogens is 3. The first kappa shape index (κ1) is 13.4. The highest BCUT2D eigenvalue weighted by atomic mass is 79.9. The third kappa shape index (κ3) is 2.87. The molecule has 19 heavy (non-hydrogen) atoms. The average molecular weight is 328 g/mol. The van der Waals surface area contributed by atoms with E-state index in [1.165, 1.54) is 12.3 Å². The minimum absolute atomic E-state index is 0.0502. The van der Waals surface area contributed by atoms with E-state index in [0.717, 1.165) is 12.1 Å². The van der Waals surface area contributed by atoms with Crippen LogP contribution in [-0.2, 0) is 0 Å². The van der Waals surface area contributed by atoms with E-state index in [1.807, 2.05) is 0 Å². The third-order valence-corrected chi connectivity index (χ3v) is 2.76. The second kappa shape index (κ2) is 5.31. The van der Waals surface area contributed by atoms with Crippen molar-refractivity contribution in [1.29, 1.82) is 0 Å². The van der Waals surface area contributed by atoms with E-state index in [-0.39, 0.29) is 16.0 Å². The van der Waals surface area contributed by atoms with E-state index < -0.39 is 23.1 Å². The molecule has 0 atom stereocenters. The summed E-state index contributed by atoms with van der Waals surface area (Å²) in [5.41, 5.74) is 5.09. The zero-order valence-electron chi connectivity index (χ0n) is 9.45. The van der Waals surface area contributed by atoms with Gasteiger partial charge in [-0.3, -0.25) is 4.79 Å². The summed E-state index contributed by atoms with van der Waals surface area (Å²) in [4.78, 5) is 15.6. The Morgan fingerprint density at radius 2 is 1.95 bits per heavy atom. The molecular weight excluding hydrogens is 320 g/mol. The lowest BCUT2D eigenvalue weighted by atomic mass is 10.2. The van der Waals surface area contributed by atoms with Crippen LogP contribution in [0.2, 0.25) is 0 Å². The second-order valence-corrected chi connectivity index (χ2v) is 4.56. The van der Waals surface area contributed by atoms with Gasteiger partial charge in [0, 0.05) is 10.7 Å². The number of hydrogen-bond donors (Lipinski definition) is 2. The summed E-state index contributed by atoms with van der Waals surface area (Å²) < 4.78 is 27.4. The van der Waals surface area contributed by atoms with Gasteiger partial charge in [0.1, 0.15) is 17.2 Å². The number of amides is 1. The summed E-state index contributed by atoms with van der Waals surface area (Å²) in [6.45, 7) is 0. The van der Waals surface area contributed by atoms with Crippen LogP contribution >= 0.6 is 15.9 Å². The Balaban J connectivity index is 2.34. The van der Waals surface area contributed by atoms with Gasteiger partial charge in [-0.05, 0) is 24.3 Å². The minimum atomic E-state index is -0.973. The Labute approximate surface area is 115 Å². The Kier molecular flexibility index (Phi) is 3.75. The number of rotatable bonds is 2. The molecule has 2 rings (SSSR count). The molecule has 1 aromatic carbocycles. The molecule has 0 aliphatic carbocycles. The van der Waals surface area contributed by atoms with Crippen molar-refractivity contribution in [3.63, 3.8) is 0 Å². The average Bonchev–Trinajstić information content (AvgIpc) is 2.30. The second-order valence-electron chi connectivity index (χ2n) is 3.64. The van der Waals surface area contributed by atoms with Gasteiger partial charge in [-0.25, -0.2) is 13.8 Å². The first-order chi connectivity index (χ1) is 8.99. The Morgan fingerprint density at radius 1 is 1.32 bits per heavy atom. The molecule has 1 aromatic heterocycles. The van der Waals surface area contributed by atoms with Crippen LogP contribution in [0.15, 0.2) is 34.9 Å². The predicted molar refractivity (Wildman–Crippen MR) is 70.7 cm³/mol. The molecule has 0 bridgehead atoms. The van der Waals surface area contributed by atoms with Gasteiger partial charge in [-0.2, -0.15) is 0 Å². The molecule has 0 aliphatic heterocycles. The number of nitrogens with zero attached hydrogens (tertiary/aromatic N) is 1. The highest BCUT2D eigenvalue weighted by Crippen LogP contribution is 2.21. The lowest BCUT2D eigenvalue weighted by Gasteiger charge is -2.08. The number of nitrogens with two attached hydrogens (primary N) is 1. The van der Waals surface area contributed by atoms with Crippen LogP contribution in [0.25, 0.3) is 0 Å². The maximum atomic E-state index is 13.6. The Hall–Kier alpha value is -2.02. The van der Waals surface area contributed by atoms with Crippen LogP contribution in [0.4, 0.5) is 20.3 Å². The van der Waals surface area contributed by atoms with E-state index in [2.05, 4.69) is 26.2 Å². The van der Waals surface area contributed by atoms with Crippen molar-refractivity contribution in [1.82, 2.24) is 4.98 Å². The third-order valence-electron chi connectivity index (χ3n) is 2.30. The molecule has 0 saturated heterocycles. The molecule has 2 aromatic rings. The normalized spacial score (nSPS) is 10.3. The summed E-state index contributed by atoms with van der Waals surface area (Å²) in [7, 11) is 0. The number of aromatic nitrogens is 1. The highest BCUT2D eigenvalue weighted by molar-refractivity contribution is 9.10. The van der Waals surface area contributed by atoms with E-state index in [1.54, 1.807) is 6.07 Å². The minimum Gasteiger partial charge on any atom is -0.396 e. The molecule has 0 unspecified atom stereocenters. The molecular formula is C12H8BrF2N3O. The van der Waals surface area contributed by atoms with E-state index >= 15 is 0 Å². The monoisotopic (exact) mass is 327 g/mol. The molecule has 0 spiro atoms. The molecule has 4 nitrogen and oxygen atoms in total. The lowest BCUT2D eigenvalue weighted by molar-refractivity contribution is 0.101. The Morgan fingerprint density at radius 3 is 2.53 bits per heavy atom. The quantitative estimate of drug-likeness (QED) is 0.891. The van der Waals surface area contributed by atoms with Crippen molar-refractivity contribution in [3.8, 4) is 0 Å². The van der Waals surface area contributed by atoms with Gasteiger partial charge in [-0.15, -0.1) is 0 Å². The fraction of sp³-hybridized carbons (Fsp3) is 0. The molecule has 0 radical (unpaired) electrons. The smallest absolute Gasteiger partial charge is 0.262 e. The molecule has 3 N–H and O–H groups in total. The van der Waals surface area contributed by atoms with Crippen molar-refractivity contribution in [2.45, 2.75) is 0 Å². The van der Waals surface area contributed by atoms with Crippen molar-refractivity contribution in [3.05, 3.63) is 52.1 Å². The topological polar surface area (TPSA) is 68.0 Å². The van der Waals surface area contributed by atoms with Gasteiger partial charge in [0.15, 0.2) is 5.82 Å². The predicted octanol–water partition coefficient (Wildman–Crippen LogP) is 2.96. The number of nitrogens with one attached hydrogen (secondary N) is 1. The van der Waals surface area contributed by atoms with E-state index in [0.29, 0.717) is 0 Å². The first-order valence-electron chi connectivity index (χ1n) is 5.15. The van der Waals surface area contributed by atoms with Crippen LogP contribution in [0, 0.1) is 11.6 Å². The van der Waals surface area contributed by atoms with Crippen molar-refractivity contribution in [2.75, 3.05) is 11.1 Å². The van der Waals surface area contributed by atoms with Crippen LogP contribution in [0.5, 0.6) is 0 Å². The standard InChI is InChI=1S/C12H8BrF2N3O/c13-6-4-7(14)10(8(15)5-6)12(19)18-11-9(16)2-1-3-17-11/h1-5H,16H2,(H,17,18,19). The van der Waals surface area contributed by atoms with Crippen LogP contribution in [0.1, 0.15) is 10.4 Å². The Bertz CT molecular complexity index is 626. The fourth-order valence-corrected chi connectivity index (χ4v) is 1.85. The van der Waals surface area contributed by atoms with Gasteiger partial charge in [0.25, 0.3) is 5.91 Å². The molecule has 0 aliphatic rings. The molecule has 98 valence electrons. The number of carbonyl (C=O) groups is 1. The number of hydrogen-bond acceptors (Lipinski definition) is 3. The maximum absolute atomic E-state index is 13.6. The summed E-state index contributed by atoms with van der Waals surface area (Å²) in [6, 6.07) is 5.09. The number of nitrogen functional groups attached to an aromatic ring is 1. The first-order valence-corrected chi connectivity index (χ1v) is 5.94. The number of benzene rings is 1. The van der Waals surface area contributed by atoms with Crippen molar-refractivity contribution in [2.24, 2.45) is 0 Å². The van der Waals surface area contributed by atoms with Crippen LogP contribution in [0.3, 0.4) is 0 Å².